The molecule has 0 aliphatic carbocycles. The van der Waals surface area contributed by atoms with Gasteiger partial charge in [-0.2, -0.15) is 4.98 Å². The second-order valence-electron chi connectivity index (χ2n) is 8.05. The van der Waals surface area contributed by atoms with E-state index >= 15 is 0 Å². The zero-order valence-electron chi connectivity index (χ0n) is 17.7. The Hall–Kier alpha value is -2.66. The van der Waals surface area contributed by atoms with Crippen molar-refractivity contribution in [1.82, 2.24) is 19.9 Å². The number of hydrogen-bond acceptors (Lipinski definition) is 10. The molecule has 2 atom stereocenters. The van der Waals surface area contributed by atoms with Crippen molar-refractivity contribution in [1.29, 1.82) is 0 Å². The number of amides is 1. The zero-order chi connectivity index (χ0) is 21.9. The van der Waals surface area contributed by atoms with Gasteiger partial charge in [-0.1, -0.05) is 11.3 Å². The highest BCUT2D eigenvalue weighted by Crippen LogP contribution is 2.32. The van der Waals surface area contributed by atoms with Gasteiger partial charge in [0.25, 0.3) is 0 Å². The number of aromatic nitrogens is 3. The number of thiazole rings is 1. The molecule has 2 N–H and O–H groups in total. The number of aromatic hydroxyl groups is 1. The van der Waals surface area contributed by atoms with E-state index in [4.69, 9.17) is 14.2 Å². The quantitative estimate of drug-likeness (QED) is 0.703. The summed E-state index contributed by atoms with van der Waals surface area (Å²) in [5.41, 5.74) is -0.611. The van der Waals surface area contributed by atoms with Gasteiger partial charge in [-0.05, 0) is 27.7 Å². The lowest BCUT2D eigenvalue weighted by atomic mass is 10.2. The number of anilines is 1. The lowest BCUT2D eigenvalue weighted by molar-refractivity contribution is 0.0636. The minimum Gasteiger partial charge on any atom is -0.492 e. The second kappa shape index (κ2) is 9.00. The van der Waals surface area contributed by atoms with Crippen molar-refractivity contribution in [2.45, 2.75) is 58.4 Å². The summed E-state index contributed by atoms with van der Waals surface area (Å²) in [6, 6.07) is 1.89. The fourth-order valence-electron chi connectivity index (χ4n) is 3.10. The first-order valence-electron chi connectivity index (χ1n) is 9.58. The van der Waals surface area contributed by atoms with Crippen molar-refractivity contribution in [3.8, 4) is 17.6 Å². The molecule has 10 nitrogen and oxygen atoms in total. The molecular formula is C19H27N5O5S. The Morgan fingerprint density at radius 2 is 2.10 bits per heavy atom. The van der Waals surface area contributed by atoms with Crippen LogP contribution in [0.3, 0.4) is 0 Å². The van der Waals surface area contributed by atoms with Crippen molar-refractivity contribution < 1.29 is 24.1 Å². The summed E-state index contributed by atoms with van der Waals surface area (Å²) in [4.78, 5) is 26.9. The second-order valence-corrected chi connectivity index (χ2v) is 9.13. The van der Waals surface area contributed by atoms with Crippen LogP contribution in [-0.2, 0) is 11.3 Å². The van der Waals surface area contributed by atoms with E-state index in [0.29, 0.717) is 34.9 Å². The molecule has 1 saturated heterocycles. The summed E-state index contributed by atoms with van der Waals surface area (Å²) in [6.45, 7) is 8.60. The van der Waals surface area contributed by atoms with Crippen molar-refractivity contribution in [3.63, 3.8) is 0 Å². The van der Waals surface area contributed by atoms with Gasteiger partial charge >= 0.3 is 6.09 Å². The molecule has 11 heteroatoms. The molecule has 0 aromatic carbocycles. The summed E-state index contributed by atoms with van der Waals surface area (Å²) in [6.07, 6.45) is 1.56. The van der Waals surface area contributed by atoms with Gasteiger partial charge in [0.15, 0.2) is 5.13 Å². The molecule has 0 saturated carbocycles. The third kappa shape index (κ3) is 5.92. The number of carbonyl (C=O) groups excluding carboxylic acids is 1. The van der Waals surface area contributed by atoms with Crippen LogP contribution in [0.4, 0.5) is 9.93 Å². The molecule has 0 bridgehead atoms. The number of nitrogens with zero attached hydrogens (tertiary/aromatic N) is 4. The highest BCUT2D eigenvalue weighted by atomic mass is 32.1. The zero-order valence-corrected chi connectivity index (χ0v) is 18.5. The van der Waals surface area contributed by atoms with E-state index in [1.54, 1.807) is 33.9 Å². The van der Waals surface area contributed by atoms with E-state index in [9.17, 15) is 9.90 Å². The molecule has 2 aromatic rings. The molecule has 1 aliphatic heterocycles. The molecule has 1 fully saturated rings. The number of hydrogen-bond donors (Lipinski definition) is 2. The number of carbonyl (C=O) groups is 1. The Kier molecular flexibility index (Phi) is 6.61. The monoisotopic (exact) mass is 437 g/mol. The van der Waals surface area contributed by atoms with Crippen LogP contribution in [0, 0.1) is 0 Å². The molecule has 30 heavy (non-hydrogen) atoms. The number of ether oxygens (including phenoxy) is 3. The van der Waals surface area contributed by atoms with Crippen LogP contribution in [0.5, 0.6) is 17.6 Å². The number of methoxy groups -OCH3 is 1. The minimum absolute atomic E-state index is 0.0472. The Bertz CT molecular complexity index is 884. The van der Waals surface area contributed by atoms with Gasteiger partial charge in [-0.25, -0.2) is 14.8 Å². The molecule has 0 radical (unpaired) electrons. The van der Waals surface area contributed by atoms with E-state index < -0.39 is 11.7 Å². The van der Waals surface area contributed by atoms with Gasteiger partial charge in [0.05, 0.1) is 18.1 Å². The predicted octanol–water partition coefficient (Wildman–Crippen LogP) is 3.04. The molecule has 164 valence electrons. The SMILES string of the molecule is COc1cc(OC2CC(C)N(Cc3sc(NC(=O)OC(C)(C)C)nc3O)C2)ncn1. The first kappa shape index (κ1) is 22.0. The largest absolute Gasteiger partial charge is 0.492 e. The maximum atomic E-state index is 11.9. The molecule has 1 amide bonds. The Balaban J connectivity index is 1.58. The van der Waals surface area contributed by atoms with Gasteiger partial charge < -0.3 is 19.3 Å². The summed E-state index contributed by atoms with van der Waals surface area (Å²) < 4.78 is 16.3. The van der Waals surface area contributed by atoms with E-state index in [0.717, 1.165) is 6.42 Å². The highest BCUT2D eigenvalue weighted by Gasteiger charge is 2.32. The third-order valence-electron chi connectivity index (χ3n) is 4.41. The van der Waals surface area contributed by atoms with Gasteiger partial charge in [0.1, 0.15) is 18.0 Å². The number of nitrogens with one attached hydrogen (secondary N) is 1. The standard InChI is InChI=1S/C19H27N5O5S/c1-11-6-12(28-15-7-14(27-5)20-10-21-15)8-24(11)9-13-16(25)22-17(30-13)23-18(26)29-19(2,3)4/h7,10-12,25H,6,8-9H2,1-5H3,(H,22,23,26). The number of likely N-dealkylation sites (tertiary alicyclic amines) is 1. The van der Waals surface area contributed by atoms with Crippen LogP contribution in [0.25, 0.3) is 0 Å². The van der Waals surface area contributed by atoms with Gasteiger partial charge in [-0.15, -0.1) is 0 Å². The summed E-state index contributed by atoms with van der Waals surface area (Å²) >= 11 is 1.22. The summed E-state index contributed by atoms with van der Waals surface area (Å²) in [7, 11) is 1.54. The van der Waals surface area contributed by atoms with Crippen LogP contribution in [0.1, 0.15) is 39.0 Å². The minimum atomic E-state index is -0.611. The van der Waals surface area contributed by atoms with Crippen LogP contribution in [0.15, 0.2) is 12.4 Å². The normalized spacial score (nSPS) is 19.5. The number of rotatable bonds is 6. The first-order valence-corrected chi connectivity index (χ1v) is 10.4. The van der Waals surface area contributed by atoms with Gasteiger partial charge in [0, 0.05) is 25.6 Å². The predicted molar refractivity (Wildman–Crippen MR) is 111 cm³/mol. The van der Waals surface area contributed by atoms with Crippen molar-refractivity contribution in [2.75, 3.05) is 19.0 Å². The maximum Gasteiger partial charge on any atom is 0.413 e. The Morgan fingerprint density at radius 1 is 1.37 bits per heavy atom. The summed E-state index contributed by atoms with van der Waals surface area (Å²) in [5.74, 6) is 0.816. The molecule has 2 aromatic heterocycles. The van der Waals surface area contributed by atoms with Crippen LogP contribution in [0.2, 0.25) is 0 Å². The van der Waals surface area contributed by atoms with Crippen molar-refractivity contribution in [3.05, 3.63) is 17.3 Å². The van der Waals surface area contributed by atoms with Crippen molar-refractivity contribution >= 4 is 22.6 Å². The van der Waals surface area contributed by atoms with E-state index in [1.165, 1.54) is 17.7 Å². The fraction of sp³-hybridized carbons (Fsp3) is 0.579. The maximum absolute atomic E-state index is 11.9. The van der Waals surface area contributed by atoms with E-state index in [2.05, 4.69) is 32.1 Å². The molecule has 2 unspecified atom stereocenters. The molecule has 3 heterocycles. The topological polar surface area (TPSA) is 119 Å². The summed E-state index contributed by atoms with van der Waals surface area (Å²) in [5, 5.41) is 13.1. The van der Waals surface area contributed by atoms with Crippen LogP contribution >= 0.6 is 11.3 Å². The Morgan fingerprint density at radius 3 is 2.80 bits per heavy atom. The lowest BCUT2D eigenvalue weighted by Crippen LogP contribution is -2.27. The fourth-order valence-corrected chi connectivity index (χ4v) is 3.96. The average Bonchev–Trinajstić information content (AvgIpc) is 3.15. The molecule has 3 rings (SSSR count). The van der Waals surface area contributed by atoms with Gasteiger partial charge in [0.2, 0.25) is 17.6 Å². The smallest absolute Gasteiger partial charge is 0.413 e. The van der Waals surface area contributed by atoms with E-state index in [-0.39, 0.29) is 18.0 Å². The first-order chi connectivity index (χ1) is 14.1. The molecule has 1 aliphatic rings. The van der Waals surface area contributed by atoms with Gasteiger partial charge in [-0.3, -0.25) is 10.2 Å². The van der Waals surface area contributed by atoms with E-state index in [1.807, 2.05) is 0 Å². The highest BCUT2D eigenvalue weighted by molar-refractivity contribution is 7.16. The molecular weight excluding hydrogens is 410 g/mol. The van der Waals surface area contributed by atoms with Crippen molar-refractivity contribution in [2.24, 2.45) is 0 Å². The average molecular weight is 438 g/mol. The third-order valence-corrected chi connectivity index (χ3v) is 5.36. The lowest BCUT2D eigenvalue weighted by Gasteiger charge is -2.19. The van der Waals surface area contributed by atoms with Crippen LogP contribution < -0.4 is 14.8 Å². The Labute approximate surface area is 179 Å². The van der Waals surface area contributed by atoms with Crippen LogP contribution in [-0.4, -0.2) is 62.5 Å². The molecule has 0 spiro atoms.